The number of thiazole rings is 1. The number of carbonyl (C=O) groups excluding carboxylic acids is 1. The normalized spacial score (nSPS) is 17.1. The molecule has 1 aromatic heterocycles. The van der Waals surface area contributed by atoms with Gasteiger partial charge in [0, 0.05) is 23.2 Å². The van der Waals surface area contributed by atoms with E-state index in [1.807, 2.05) is 11.8 Å². The zero-order chi connectivity index (χ0) is 11.6. The van der Waals surface area contributed by atoms with Crippen LogP contribution >= 0.6 is 23.1 Å². The summed E-state index contributed by atoms with van der Waals surface area (Å²) in [6.07, 6.45) is 4.48. The number of hydrogen-bond acceptors (Lipinski definition) is 5. The molecule has 0 aliphatic heterocycles. The van der Waals surface area contributed by atoms with Gasteiger partial charge in [0.2, 0.25) is 0 Å². The first-order valence-corrected chi connectivity index (χ1v) is 7.27. The fourth-order valence-corrected chi connectivity index (χ4v) is 2.81. The van der Waals surface area contributed by atoms with Gasteiger partial charge in [0.15, 0.2) is 0 Å². The van der Waals surface area contributed by atoms with Gasteiger partial charge >= 0.3 is 0 Å². The van der Waals surface area contributed by atoms with E-state index in [0.717, 1.165) is 11.6 Å². The van der Waals surface area contributed by atoms with E-state index in [-0.39, 0.29) is 5.91 Å². The molecule has 1 aromatic rings. The fraction of sp³-hybridized carbons (Fsp3) is 0.600. The third-order valence-corrected chi connectivity index (χ3v) is 5.06. The summed E-state index contributed by atoms with van der Waals surface area (Å²) in [4.78, 5) is 15.9. The van der Waals surface area contributed by atoms with Crippen LogP contribution in [0.25, 0.3) is 0 Å². The van der Waals surface area contributed by atoms with Crippen LogP contribution in [0.2, 0.25) is 0 Å². The number of nitrogens with two attached hydrogens (primary N) is 1. The molecular formula is C10H15N3OS2. The van der Waals surface area contributed by atoms with E-state index in [4.69, 9.17) is 5.73 Å². The fourth-order valence-electron chi connectivity index (χ4n) is 1.43. The van der Waals surface area contributed by atoms with Gasteiger partial charge in [-0.15, -0.1) is 11.3 Å². The highest BCUT2D eigenvalue weighted by atomic mass is 32.2. The lowest BCUT2D eigenvalue weighted by molar-refractivity contribution is 0.0948. The summed E-state index contributed by atoms with van der Waals surface area (Å²) in [5, 5.41) is 5.50. The van der Waals surface area contributed by atoms with Crippen molar-refractivity contribution in [3.05, 3.63) is 16.1 Å². The van der Waals surface area contributed by atoms with E-state index in [9.17, 15) is 4.79 Å². The largest absolute Gasteiger partial charge is 0.349 e. The highest BCUT2D eigenvalue weighted by molar-refractivity contribution is 8.00. The predicted molar refractivity (Wildman–Crippen MR) is 67.8 cm³/mol. The topological polar surface area (TPSA) is 68.0 Å². The summed E-state index contributed by atoms with van der Waals surface area (Å²) < 4.78 is 0.294. The Hall–Kier alpha value is -0.590. The number of nitrogens with one attached hydrogen (secondary N) is 1. The van der Waals surface area contributed by atoms with E-state index in [2.05, 4.69) is 16.6 Å². The van der Waals surface area contributed by atoms with Crippen LogP contribution in [0.1, 0.15) is 28.3 Å². The standard InChI is InChI=1S/C10H15N3OS2/c1-15-10(2-3-10)6-12-9(14)7-5-16-8(4-11)13-7/h5H,2-4,6,11H2,1H3,(H,12,14). The molecule has 1 amide bonds. The molecule has 3 N–H and O–H groups in total. The Bertz CT molecular complexity index is 387. The maximum atomic E-state index is 11.7. The van der Waals surface area contributed by atoms with Crippen molar-refractivity contribution in [1.82, 2.24) is 10.3 Å². The zero-order valence-electron chi connectivity index (χ0n) is 9.16. The molecule has 88 valence electrons. The zero-order valence-corrected chi connectivity index (χ0v) is 10.8. The van der Waals surface area contributed by atoms with Gasteiger partial charge < -0.3 is 11.1 Å². The molecule has 1 saturated carbocycles. The van der Waals surface area contributed by atoms with E-state index < -0.39 is 0 Å². The minimum atomic E-state index is -0.0868. The second-order valence-electron chi connectivity index (χ2n) is 3.90. The van der Waals surface area contributed by atoms with Crippen LogP contribution < -0.4 is 11.1 Å². The van der Waals surface area contributed by atoms with Crippen molar-refractivity contribution in [3.8, 4) is 0 Å². The van der Waals surface area contributed by atoms with Crippen LogP contribution in [-0.2, 0) is 6.54 Å². The number of nitrogens with zero attached hydrogens (tertiary/aromatic N) is 1. The molecule has 0 radical (unpaired) electrons. The van der Waals surface area contributed by atoms with Gasteiger partial charge in [0.1, 0.15) is 10.7 Å². The van der Waals surface area contributed by atoms with Crippen molar-refractivity contribution in [2.75, 3.05) is 12.8 Å². The third-order valence-electron chi connectivity index (χ3n) is 2.77. The Morgan fingerprint density at radius 2 is 2.50 bits per heavy atom. The van der Waals surface area contributed by atoms with Gasteiger partial charge in [0.25, 0.3) is 5.91 Å². The van der Waals surface area contributed by atoms with Crippen LogP contribution in [0, 0.1) is 0 Å². The lowest BCUT2D eigenvalue weighted by atomic mass is 10.4. The van der Waals surface area contributed by atoms with E-state index in [0.29, 0.717) is 17.0 Å². The van der Waals surface area contributed by atoms with Crippen LogP contribution in [0.15, 0.2) is 5.38 Å². The van der Waals surface area contributed by atoms with Gasteiger partial charge in [-0.1, -0.05) is 0 Å². The molecule has 1 fully saturated rings. The van der Waals surface area contributed by atoms with Crippen molar-refractivity contribution < 1.29 is 4.79 Å². The molecule has 1 aliphatic carbocycles. The first-order chi connectivity index (χ1) is 7.69. The minimum Gasteiger partial charge on any atom is -0.349 e. The van der Waals surface area contributed by atoms with E-state index >= 15 is 0 Å². The predicted octanol–water partition coefficient (Wildman–Crippen LogP) is 1.23. The highest BCUT2D eigenvalue weighted by Crippen LogP contribution is 2.46. The van der Waals surface area contributed by atoms with Crippen molar-refractivity contribution >= 4 is 29.0 Å². The monoisotopic (exact) mass is 257 g/mol. The molecule has 4 nitrogen and oxygen atoms in total. The third kappa shape index (κ3) is 2.56. The lowest BCUT2D eigenvalue weighted by Gasteiger charge is -2.11. The van der Waals surface area contributed by atoms with Crippen LogP contribution in [0.5, 0.6) is 0 Å². The molecule has 16 heavy (non-hydrogen) atoms. The van der Waals surface area contributed by atoms with Crippen LogP contribution in [0.4, 0.5) is 0 Å². The van der Waals surface area contributed by atoms with Crippen LogP contribution in [0.3, 0.4) is 0 Å². The van der Waals surface area contributed by atoms with E-state index in [1.54, 1.807) is 5.38 Å². The summed E-state index contributed by atoms with van der Waals surface area (Å²) in [5.41, 5.74) is 5.94. The number of amides is 1. The molecule has 6 heteroatoms. The summed E-state index contributed by atoms with van der Waals surface area (Å²) in [7, 11) is 0. The molecule has 0 bridgehead atoms. The van der Waals surface area contributed by atoms with Gasteiger partial charge in [0.05, 0.1) is 0 Å². The summed E-state index contributed by atoms with van der Waals surface area (Å²) in [6, 6.07) is 0. The van der Waals surface area contributed by atoms with Gasteiger partial charge in [-0.3, -0.25) is 4.79 Å². The average Bonchev–Trinajstić information content (AvgIpc) is 2.94. The highest BCUT2D eigenvalue weighted by Gasteiger charge is 2.42. The van der Waals surface area contributed by atoms with Crippen molar-refractivity contribution in [1.29, 1.82) is 0 Å². The Morgan fingerprint density at radius 3 is 3.00 bits per heavy atom. The average molecular weight is 257 g/mol. The van der Waals surface area contributed by atoms with Crippen molar-refractivity contribution in [2.45, 2.75) is 24.1 Å². The smallest absolute Gasteiger partial charge is 0.270 e. The SMILES string of the molecule is CSC1(CNC(=O)c2csc(CN)n2)CC1. The Labute approximate surface area is 103 Å². The molecule has 0 aromatic carbocycles. The van der Waals surface area contributed by atoms with Gasteiger partial charge in [-0.2, -0.15) is 11.8 Å². The summed E-state index contributed by atoms with van der Waals surface area (Å²) in [5.74, 6) is -0.0868. The van der Waals surface area contributed by atoms with Gasteiger partial charge in [-0.05, 0) is 19.1 Å². The molecule has 2 rings (SSSR count). The van der Waals surface area contributed by atoms with Crippen molar-refractivity contribution in [2.24, 2.45) is 5.73 Å². The van der Waals surface area contributed by atoms with Crippen molar-refractivity contribution in [3.63, 3.8) is 0 Å². The first-order valence-electron chi connectivity index (χ1n) is 5.17. The molecule has 0 unspecified atom stereocenters. The molecule has 0 saturated heterocycles. The number of rotatable bonds is 5. The molecule has 0 spiro atoms. The second kappa shape index (κ2) is 4.73. The maximum absolute atomic E-state index is 11.7. The number of carbonyl (C=O) groups is 1. The molecule has 0 atom stereocenters. The number of thioether (sulfide) groups is 1. The second-order valence-corrected chi connectivity index (χ2v) is 6.12. The lowest BCUT2D eigenvalue weighted by Crippen LogP contribution is -2.31. The van der Waals surface area contributed by atoms with E-state index in [1.165, 1.54) is 24.2 Å². The quantitative estimate of drug-likeness (QED) is 0.832. The Kier molecular flexibility index (Phi) is 3.51. The van der Waals surface area contributed by atoms with Crippen LogP contribution in [-0.4, -0.2) is 28.4 Å². The Morgan fingerprint density at radius 1 is 1.75 bits per heavy atom. The molecule has 1 heterocycles. The minimum absolute atomic E-state index is 0.0868. The molecule has 1 aliphatic rings. The molecular weight excluding hydrogens is 242 g/mol. The first kappa shape index (κ1) is 11.9. The Balaban J connectivity index is 1.88. The number of hydrogen-bond donors (Lipinski definition) is 2. The summed E-state index contributed by atoms with van der Waals surface area (Å²) in [6.45, 7) is 1.13. The number of aromatic nitrogens is 1. The van der Waals surface area contributed by atoms with Gasteiger partial charge in [-0.25, -0.2) is 4.98 Å². The summed E-state index contributed by atoms with van der Waals surface area (Å²) >= 11 is 3.26. The maximum Gasteiger partial charge on any atom is 0.270 e.